The molecule has 0 bridgehead atoms. The fourth-order valence-corrected chi connectivity index (χ4v) is 3.69. The molecule has 1 aromatic heterocycles. The van der Waals surface area contributed by atoms with Gasteiger partial charge in [0.15, 0.2) is 0 Å². The van der Waals surface area contributed by atoms with Crippen molar-refractivity contribution in [2.45, 2.75) is 25.8 Å². The van der Waals surface area contributed by atoms with Gasteiger partial charge in [-0.3, -0.25) is 4.79 Å². The van der Waals surface area contributed by atoms with E-state index in [0.717, 1.165) is 51.1 Å². The van der Waals surface area contributed by atoms with Crippen molar-refractivity contribution >= 4 is 5.91 Å². The number of rotatable bonds is 6. The van der Waals surface area contributed by atoms with E-state index in [4.69, 9.17) is 0 Å². The highest BCUT2D eigenvalue weighted by Gasteiger charge is 2.25. The number of likely N-dealkylation sites (tertiary alicyclic amines) is 1. The van der Waals surface area contributed by atoms with Crippen LogP contribution in [0.3, 0.4) is 0 Å². The summed E-state index contributed by atoms with van der Waals surface area (Å²) >= 11 is 0. The highest BCUT2D eigenvalue weighted by atomic mass is 16.2. The molecule has 0 radical (unpaired) electrons. The maximum absolute atomic E-state index is 12.9. The van der Waals surface area contributed by atoms with Gasteiger partial charge in [-0.2, -0.15) is 0 Å². The molecule has 0 spiro atoms. The Kier molecular flexibility index (Phi) is 5.92. The van der Waals surface area contributed by atoms with Gasteiger partial charge in [0.25, 0.3) is 5.91 Å². The second-order valence-electron chi connectivity index (χ2n) is 7.32. The van der Waals surface area contributed by atoms with Crippen molar-refractivity contribution < 1.29 is 4.79 Å². The third-order valence-electron chi connectivity index (χ3n) is 5.06. The zero-order valence-electron chi connectivity index (χ0n) is 15.4. The fraction of sp³-hybridized carbons (Fsp3) is 0.476. The minimum atomic E-state index is 0.182. The van der Waals surface area contributed by atoms with Crippen molar-refractivity contribution in [3.05, 3.63) is 59.9 Å². The summed E-state index contributed by atoms with van der Waals surface area (Å²) in [6.45, 7) is 3.72. The molecule has 1 aliphatic rings. The molecule has 0 aliphatic carbocycles. The molecule has 1 fully saturated rings. The summed E-state index contributed by atoms with van der Waals surface area (Å²) in [5.74, 6) is 0.894. The molecule has 3 rings (SSSR count). The summed E-state index contributed by atoms with van der Waals surface area (Å²) in [4.78, 5) is 17.2. The van der Waals surface area contributed by atoms with Crippen LogP contribution in [-0.4, -0.2) is 54.0 Å². The second-order valence-corrected chi connectivity index (χ2v) is 7.32. The molecule has 134 valence electrons. The highest BCUT2D eigenvalue weighted by Crippen LogP contribution is 2.20. The summed E-state index contributed by atoms with van der Waals surface area (Å²) in [6, 6.07) is 14.4. The molecular weight excluding hydrogens is 310 g/mol. The average molecular weight is 339 g/mol. The number of aromatic nitrogens is 1. The van der Waals surface area contributed by atoms with Gasteiger partial charge in [0.05, 0.1) is 0 Å². The number of aryl methyl sites for hydroxylation is 2. The van der Waals surface area contributed by atoms with Crippen LogP contribution in [0.25, 0.3) is 0 Å². The van der Waals surface area contributed by atoms with Crippen molar-refractivity contribution in [3.8, 4) is 0 Å². The number of hydrogen-bond acceptors (Lipinski definition) is 2. The van der Waals surface area contributed by atoms with E-state index in [0.29, 0.717) is 5.92 Å². The van der Waals surface area contributed by atoms with E-state index >= 15 is 0 Å². The molecule has 0 atom stereocenters. The maximum atomic E-state index is 12.9. The predicted molar refractivity (Wildman–Crippen MR) is 102 cm³/mol. The number of carbonyl (C=O) groups excluding carboxylic acids is 1. The van der Waals surface area contributed by atoms with Gasteiger partial charge >= 0.3 is 0 Å². The lowest BCUT2D eigenvalue weighted by molar-refractivity contribution is 0.0667. The summed E-state index contributed by atoms with van der Waals surface area (Å²) in [5.41, 5.74) is 2.13. The molecule has 4 heteroatoms. The van der Waals surface area contributed by atoms with E-state index in [1.165, 1.54) is 5.56 Å². The van der Waals surface area contributed by atoms with Gasteiger partial charge in [-0.05, 0) is 57.0 Å². The predicted octanol–water partition coefficient (Wildman–Crippen LogP) is 3.14. The molecule has 1 saturated heterocycles. The summed E-state index contributed by atoms with van der Waals surface area (Å²) in [6.07, 6.45) is 5.18. The number of carbonyl (C=O) groups is 1. The van der Waals surface area contributed by atoms with Crippen molar-refractivity contribution in [2.24, 2.45) is 5.92 Å². The SMILES string of the molecule is CN(C)CC1CCN(C(=O)c2cccn2CCc2ccccc2)CC1. The van der Waals surface area contributed by atoms with Gasteiger partial charge in [-0.1, -0.05) is 30.3 Å². The molecule has 0 saturated carbocycles. The number of nitrogens with zero attached hydrogens (tertiary/aromatic N) is 3. The monoisotopic (exact) mass is 339 g/mol. The molecule has 0 unspecified atom stereocenters. The molecule has 1 aromatic carbocycles. The standard InChI is InChI=1S/C21H29N3O/c1-22(2)17-19-11-15-24(16-12-19)21(25)20-9-6-13-23(20)14-10-18-7-4-3-5-8-18/h3-9,13,19H,10-12,14-17H2,1-2H3. The Labute approximate surface area is 151 Å². The summed E-state index contributed by atoms with van der Waals surface area (Å²) in [7, 11) is 4.24. The van der Waals surface area contributed by atoms with Crippen LogP contribution < -0.4 is 0 Å². The van der Waals surface area contributed by atoms with Gasteiger partial charge in [-0.25, -0.2) is 0 Å². The first-order valence-corrected chi connectivity index (χ1v) is 9.26. The average Bonchev–Trinajstić information content (AvgIpc) is 3.09. The normalized spacial score (nSPS) is 15.7. The first kappa shape index (κ1) is 17.7. The van der Waals surface area contributed by atoms with Crippen LogP contribution in [0, 0.1) is 5.92 Å². The second kappa shape index (κ2) is 8.34. The Bertz CT molecular complexity index is 669. The lowest BCUT2D eigenvalue weighted by atomic mass is 9.96. The van der Waals surface area contributed by atoms with Gasteiger partial charge in [0.1, 0.15) is 5.69 Å². The molecule has 4 nitrogen and oxygen atoms in total. The van der Waals surface area contributed by atoms with E-state index in [1.54, 1.807) is 0 Å². The number of amides is 1. The number of hydrogen-bond donors (Lipinski definition) is 0. The van der Waals surface area contributed by atoms with Crippen LogP contribution in [0.2, 0.25) is 0 Å². The zero-order chi connectivity index (χ0) is 17.6. The Morgan fingerprint density at radius 3 is 2.48 bits per heavy atom. The maximum Gasteiger partial charge on any atom is 0.270 e. The van der Waals surface area contributed by atoms with E-state index in [1.807, 2.05) is 29.3 Å². The summed E-state index contributed by atoms with van der Waals surface area (Å²) < 4.78 is 2.10. The van der Waals surface area contributed by atoms with Crippen LogP contribution in [0.5, 0.6) is 0 Å². The van der Waals surface area contributed by atoms with Crippen molar-refractivity contribution in [1.29, 1.82) is 0 Å². The van der Waals surface area contributed by atoms with Gasteiger partial charge < -0.3 is 14.4 Å². The van der Waals surface area contributed by atoms with Crippen LogP contribution >= 0.6 is 0 Å². The van der Waals surface area contributed by atoms with Gasteiger partial charge in [0.2, 0.25) is 0 Å². The number of piperidine rings is 1. The fourth-order valence-electron chi connectivity index (χ4n) is 3.69. The first-order valence-electron chi connectivity index (χ1n) is 9.26. The largest absolute Gasteiger partial charge is 0.343 e. The van der Waals surface area contributed by atoms with Crippen LogP contribution in [0.15, 0.2) is 48.7 Å². The molecular formula is C21H29N3O. The molecule has 0 N–H and O–H groups in total. The van der Waals surface area contributed by atoms with Crippen LogP contribution in [0.1, 0.15) is 28.9 Å². The third kappa shape index (κ3) is 4.73. The van der Waals surface area contributed by atoms with Crippen molar-refractivity contribution in [3.63, 3.8) is 0 Å². The number of benzene rings is 1. The Hall–Kier alpha value is -2.07. The topological polar surface area (TPSA) is 28.5 Å². The Morgan fingerprint density at radius 2 is 1.80 bits per heavy atom. The third-order valence-corrected chi connectivity index (χ3v) is 5.06. The van der Waals surface area contributed by atoms with E-state index in [9.17, 15) is 4.79 Å². The highest BCUT2D eigenvalue weighted by molar-refractivity contribution is 5.92. The molecule has 1 aliphatic heterocycles. The quantitative estimate of drug-likeness (QED) is 0.809. The van der Waals surface area contributed by atoms with E-state index in [2.05, 4.69) is 47.8 Å². The minimum Gasteiger partial charge on any atom is -0.343 e. The van der Waals surface area contributed by atoms with Crippen LogP contribution in [-0.2, 0) is 13.0 Å². The lowest BCUT2D eigenvalue weighted by Gasteiger charge is -2.33. The molecule has 25 heavy (non-hydrogen) atoms. The van der Waals surface area contributed by atoms with E-state index in [-0.39, 0.29) is 5.91 Å². The molecule has 1 amide bonds. The molecule has 2 heterocycles. The minimum absolute atomic E-state index is 0.182. The summed E-state index contributed by atoms with van der Waals surface area (Å²) in [5, 5.41) is 0. The zero-order valence-corrected chi connectivity index (χ0v) is 15.4. The smallest absolute Gasteiger partial charge is 0.270 e. The lowest BCUT2D eigenvalue weighted by Crippen LogP contribution is -2.41. The first-order chi connectivity index (χ1) is 12.1. The van der Waals surface area contributed by atoms with Gasteiger partial charge in [-0.15, -0.1) is 0 Å². The Morgan fingerprint density at radius 1 is 1.08 bits per heavy atom. The van der Waals surface area contributed by atoms with Gasteiger partial charge in [0, 0.05) is 32.4 Å². The van der Waals surface area contributed by atoms with Crippen LogP contribution in [0.4, 0.5) is 0 Å². The van der Waals surface area contributed by atoms with Crippen molar-refractivity contribution in [2.75, 3.05) is 33.7 Å². The molecule has 2 aromatic rings. The Balaban J connectivity index is 1.57. The van der Waals surface area contributed by atoms with Crippen molar-refractivity contribution in [1.82, 2.24) is 14.4 Å². The van der Waals surface area contributed by atoms with E-state index < -0.39 is 0 Å².